The molecule has 0 atom stereocenters. The lowest BCUT2D eigenvalue weighted by molar-refractivity contribution is -0.384. The van der Waals surface area contributed by atoms with Gasteiger partial charge in [0.15, 0.2) is 28.8 Å². The molecule has 0 fully saturated rings. The number of aromatic carboxylic acids is 3. The van der Waals surface area contributed by atoms with Crippen LogP contribution in [0.4, 0.5) is 22.7 Å². The molecule has 3 aromatic heterocycles. The first kappa shape index (κ1) is 90.2. The number of amides is 5. The molecule has 0 unspecified atom stereocenters. The van der Waals surface area contributed by atoms with Crippen molar-refractivity contribution < 1.29 is 101 Å². The molecule has 5 aliphatic heterocycles. The van der Waals surface area contributed by atoms with E-state index < -0.39 is 52.4 Å². The minimum absolute atomic E-state index is 0.00529. The number of esters is 1. The fourth-order valence-corrected chi connectivity index (χ4v) is 16.6. The number of carboxylic acid groups (broad SMARTS) is 3. The summed E-state index contributed by atoms with van der Waals surface area (Å²) < 4.78 is 47.6. The molecule has 20 rings (SSSR count). The summed E-state index contributed by atoms with van der Waals surface area (Å²) in [6.45, 7) is 4.18. The molecule has 32 heteroatoms. The average molecular weight is 1960 g/mol. The van der Waals surface area contributed by atoms with Crippen LogP contribution >= 0.6 is 31.9 Å². The van der Waals surface area contributed by atoms with Crippen LogP contribution in [0.5, 0.6) is 40.4 Å². The number of carboxylic acids is 3. The zero-order valence-electron chi connectivity index (χ0n) is 72.4. The molecule has 0 bridgehead atoms. The van der Waals surface area contributed by atoms with Crippen molar-refractivity contribution in [2.24, 2.45) is 0 Å². The Balaban J connectivity index is 0.000000137. The molecule has 3 N–H and O–H groups in total. The van der Waals surface area contributed by atoms with E-state index in [-0.39, 0.29) is 81.1 Å². The Labute approximate surface area is 795 Å². The molecule has 30 nitrogen and oxygen atoms in total. The van der Waals surface area contributed by atoms with Gasteiger partial charge in [0.1, 0.15) is 33.0 Å². The van der Waals surface area contributed by atoms with Crippen LogP contribution in [0.25, 0.3) is 89.9 Å². The van der Waals surface area contributed by atoms with Crippen LogP contribution in [0.2, 0.25) is 0 Å². The SMILES string of the molecule is CCOC(=O)c1ccc(COc2cc(-c3cccc([N+](=O)[O-])c3)nc(-c3ccc(N4C(=O)c5ccc(C(=O)O)cc5C4=O)cc3)n2)cc1.COc1cc(-c2cc(-c3ccc(Br)cc3)nc(-c3cccc(N4C(=O)c5ccc(C(=O)O)cc5C4=O)c3)c2)cc2c1OCCO2.COc1cc(-c2cc(-c3ccc(Br)cc3)nc(-c3cccc(N4Cc5ccc(C(=O)O)cc5C4=O)c3)c2)cc2c1OCCO2. The number of carbonyl (C=O) groups excluding carboxylic acids is 6. The highest BCUT2D eigenvalue weighted by atomic mass is 79.9. The highest BCUT2D eigenvalue weighted by Crippen LogP contribution is 2.48. The standard InChI is InChI=1S/C35H23BrN2O7.C35H25BrN2O6.C35H24N4O9/c1-43-30-17-23(18-31-32(30)45-12-11-44-31)22-15-28(19-5-8-24(36)9-6-19)37-29(16-22)20-3-2-4-25(13-20)38-33(39)26-10-7-21(35(41)42)14-27(26)34(38)40;1-42-31-17-25(18-32-33(31)44-12-11-43-32)24-15-29(20-7-9-26(36)10-8-20)37-30(16-24)21-3-2-4-27(13-21)38-19-23-6-5-22(35(40)41)14-28(23)34(38)39;1-2-47-35(44)22-8-6-20(7-9-22)19-48-30-18-29(23-4-3-5-26(16-23)39(45)46)36-31(37-30)21-10-13-25(14-11-21)38-32(40)27-15-12-24(34(42)43)17-28(27)33(38)41/h2-10,13-18H,11-12H2,1H3,(H,41,42);2-10,13-18H,11-12,19H2,1H3,(H,40,41);3-18H,2,19H2,1H3,(H,42,43). The molecule has 5 aliphatic rings. The maximum Gasteiger partial charge on any atom is 0.338 e. The first-order valence-corrected chi connectivity index (χ1v) is 44.0. The molecule has 137 heavy (non-hydrogen) atoms. The number of carbonyl (C=O) groups is 9. The van der Waals surface area contributed by atoms with Crippen molar-refractivity contribution in [3.05, 3.63) is 359 Å². The Morgan fingerprint density at radius 3 is 1.34 bits per heavy atom. The van der Waals surface area contributed by atoms with Gasteiger partial charge < -0.3 is 58.1 Å². The summed E-state index contributed by atoms with van der Waals surface area (Å²) in [7, 11) is 3.18. The smallest absolute Gasteiger partial charge is 0.338 e. The van der Waals surface area contributed by atoms with Gasteiger partial charge in [-0.15, -0.1) is 0 Å². The second kappa shape index (κ2) is 38.4. The van der Waals surface area contributed by atoms with E-state index in [1.54, 1.807) is 98.8 Å². The predicted octanol–water partition coefficient (Wildman–Crippen LogP) is 20.6. The van der Waals surface area contributed by atoms with Crippen molar-refractivity contribution in [3.8, 4) is 130 Å². The lowest BCUT2D eigenvalue weighted by Gasteiger charge is -2.22. The Bertz CT molecular complexity index is 7470. The number of nitro benzene ring substituents is 1. The van der Waals surface area contributed by atoms with Crippen LogP contribution < -0.4 is 47.9 Å². The normalized spacial score (nSPS) is 13.0. The highest BCUT2D eigenvalue weighted by molar-refractivity contribution is 9.10. The van der Waals surface area contributed by atoms with Crippen molar-refractivity contribution in [1.82, 2.24) is 19.9 Å². The summed E-state index contributed by atoms with van der Waals surface area (Å²) in [5.41, 5.74) is 14.5. The zero-order chi connectivity index (χ0) is 95.6. The molecular weight excluding hydrogens is 1880 g/mol. The molecule has 0 saturated carbocycles. The van der Waals surface area contributed by atoms with Gasteiger partial charge in [-0.25, -0.2) is 43.9 Å². The van der Waals surface area contributed by atoms with Crippen LogP contribution in [0.15, 0.2) is 288 Å². The second-order valence-corrected chi connectivity index (χ2v) is 33.2. The van der Waals surface area contributed by atoms with Gasteiger partial charge in [-0.1, -0.05) is 111 Å². The first-order valence-electron chi connectivity index (χ1n) is 42.4. The Morgan fingerprint density at radius 1 is 0.401 bits per heavy atom. The van der Waals surface area contributed by atoms with E-state index in [9.17, 15) is 68.6 Å². The summed E-state index contributed by atoms with van der Waals surface area (Å²) in [6.07, 6.45) is 0. The summed E-state index contributed by atoms with van der Waals surface area (Å²) >= 11 is 7.01. The van der Waals surface area contributed by atoms with Gasteiger partial charge in [0, 0.05) is 71.8 Å². The number of fused-ring (bicyclic) bond motifs is 5. The third-order valence-corrected chi connectivity index (χ3v) is 23.9. The number of pyridine rings is 2. The molecule has 0 spiro atoms. The third kappa shape index (κ3) is 18.7. The number of rotatable bonds is 22. The van der Waals surface area contributed by atoms with Gasteiger partial charge >= 0.3 is 23.9 Å². The quantitative estimate of drug-likeness (QED) is 0.0245. The van der Waals surface area contributed by atoms with Crippen LogP contribution in [0.1, 0.15) is 111 Å². The van der Waals surface area contributed by atoms with Gasteiger partial charge in [0.2, 0.25) is 17.4 Å². The van der Waals surface area contributed by atoms with Gasteiger partial charge in [-0.05, 0) is 222 Å². The lowest BCUT2D eigenvalue weighted by atomic mass is 9.99. The number of ether oxygens (including phenoxy) is 8. The van der Waals surface area contributed by atoms with Gasteiger partial charge in [-0.2, -0.15) is 4.98 Å². The minimum atomic E-state index is -1.22. The van der Waals surface area contributed by atoms with Crippen molar-refractivity contribution >= 4 is 108 Å². The predicted molar refractivity (Wildman–Crippen MR) is 511 cm³/mol. The van der Waals surface area contributed by atoms with Crippen LogP contribution in [-0.2, 0) is 17.9 Å². The van der Waals surface area contributed by atoms with Gasteiger partial charge in [0.25, 0.3) is 35.2 Å². The molecule has 12 aromatic carbocycles. The molecule has 15 aromatic rings. The van der Waals surface area contributed by atoms with Gasteiger partial charge in [0.05, 0.1) is 117 Å². The Hall–Kier alpha value is -17.4. The van der Waals surface area contributed by atoms with Crippen LogP contribution in [-0.4, -0.2) is 141 Å². The summed E-state index contributed by atoms with van der Waals surface area (Å²) in [5, 5.41) is 39.5. The molecule has 0 saturated heterocycles. The highest BCUT2D eigenvalue weighted by Gasteiger charge is 2.40. The van der Waals surface area contributed by atoms with E-state index >= 15 is 0 Å². The molecular formula is C105H72Br2N8O22. The first-order chi connectivity index (χ1) is 66.3. The maximum absolute atomic E-state index is 13.4. The number of nitro groups is 1. The van der Waals surface area contributed by atoms with Gasteiger partial charge in [-0.3, -0.25) is 34.1 Å². The number of anilines is 3. The number of hydrogen-bond acceptors (Lipinski definition) is 23. The number of imide groups is 2. The number of aromatic nitrogens is 4. The van der Waals surface area contributed by atoms with Crippen molar-refractivity contribution in [2.45, 2.75) is 20.1 Å². The van der Waals surface area contributed by atoms with E-state index in [0.29, 0.717) is 129 Å². The number of non-ortho nitro benzene ring substituents is 1. The number of halogens is 2. The van der Waals surface area contributed by atoms with Crippen molar-refractivity contribution in [3.63, 3.8) is 0 Å². The third-order valence-electron chi connectivity index (χ3n) is 22.8. The number of methoxy groups -OCH3 is 2. The van der Waals surface area contributed by atoms with E-state index in [1.807, 2.05) is 127 Å². The Morgan fingerprint density at radius 2 is 0.832 bits per heavy atom. The second-order valence-electron chi connectivity index (χ2n) is 31.3. The molecule has 0 aliphatic carbocycles. The van der Waals surface area contributed by atoms with Crippen molar-refractivity contribution in [1.29, 1.82) is 0 Å². The summed E-state index contributed by atoms with van der Waals surface area (Å²) in [5.74, 6) is -2.65. The minimum Gasteiger partial charge on any atom is -0.493 e. The van der Waals surface area contributed by atoms with E-state index in [0.717, 1.165) is 74.5 Å². The van der Waals surface area contributed by atoms with Crippen molar-refractivity contribution in [2.75, 3.05) is 62.0 Å². The van der Waals surface area contributed by atoms with Crippen LogP contribution in [0, 0.1) is 10.1 Å². The fraction of sp³-hybridized carbons (Fsp3) is 0.0952. The van der Waals surface area contributed by atoms with E-state index in [4.69, 9.17) is 47.9 Å². The largest absolute Gasteiger partial charge is 0.493 e. The fourth-order valence-electron chi connectivity index (χ4n) is 16.0. The monoisotopic (exact) mass is 1950 g/mol. The maximum atomic E-state index is 13.4. The number of hydrogen-bond donors (Lipinski definition) is 3. The molecule has 0 radical (unpaired) electrons. The van der Waals surface area contributed by atoms with Crippen LogP contribution in [0.3, 0.4) is 0 Å². The number of benzene rings is 12. The average Bonchev–Trinajstić information content (AvgIpc) is 1.65. The molecule has 8 heterocycles. The molecule has 678 valence electrons. The number of nitrogens with zero attached hydrogens (tertiary/aromatic N) is 8. The van der Waals surface area contributed by atoms with E-state index in [1.165, 1.54) is 78.9 Å². The topological polar surface area (TPSA) is 393 Å². The summed E-state index contributed by atoms with van der Waals surface area (Å²) in [4.78, 5) is 146. The molecule has 5 amide bonds. The zero-order valence-corrected chi connectivity index (χ0v) is 75.6. The Kier molecular flexibility index (Phi) is 25.3. The summed E-state index contributed by atoms with van der Waals surface area (Å²) in [6, 6.07) is 78.8. The van der Waals surface area contributed by atoms with E-state index in [2.05, 4.69) is 41.8 Å². The lowest BCUT2D eigenvalue weighted by Crippen LogP contribution is -2.29.